The van der Waals surface area contributed by atoms with Crippen LogP contribution in [0.1, 0.15) is 12.8 Å². The second kappa shape index (κ2) is 5.53. The molecule has 22 heavy (non-hydrogen) atoms. The van der Waals surface area contributed by atoms with Crippen LogP contribution in [0.4, 0.5) is 4.39 Å². The fraction of sp³-hybridized carbons (Fsp3) is 0.267. The van der Waals surface area contributed by atoms with Crippen molar-refractivity contribution in [1.82, 2.24) is 9.97 Å². The zero-order valence-corrected chi connectivity index (χ0v) is 12.4. The summed E-state index contributed by atoms with van der Waals surface area (Å²) in [6, 6.07) is 7.33. The Morgan fingerprint density at radius 2 is 1.95 bits per heavy atom. The molecule has 7 heteroatoms. The van der Waals surface area contributed by atoms with Gasteiger partial charge in [-0.1, -0.05) is 11.6 Å². The van der Waals surface area contributed by atoms with Gasteiger partial charge in [0.2, 0.25) is 5.60 Å². The minimum Gasteiger partial charge on any atom is -0.466 e. The van der Waals surface area contributed by atoms with Gasteiger partial charge in [-0.2, -0.15) is 9.97 Å². The van der Waals surface area contributed by atoms with Crippen LogP contribution in [0, 0.1) is 5.82 Å². The highest BCUT2D eigenvalue weighted by Crippen LogP contribution is 2.41. The molecule has 0 amide bonds. The highest BCUT2D eigenvalue weighted by molar-refractivity contribution is 6.29. The van der Waals surface area contributed by atoms with Gasteiger partial charge in [-0.3, -0.25) is 0 Å². The summed E-state index contributed by atoms with van der Waals surface area (Å²) in [7, 11) is 1.30. The third-order valence-corrected chi connectivity index (χ3v) is 3.56. The second-order valence-electron chi connectivity index (χ2n) is 4.95. The van der Waals surface area contributed by atoms with E-state index in [4.69, 9.17) is 21.1 Å². The first-order valence-electron chi connectivity index (χ1n) is 6.60. The lowest BCUT2D eigenvalue weighted by Gasteiger charge is -2.14. The number of hydrogen-bond donors (Lipinski definition) is 0. The number of methoxy groups -OCH3 is 1. The summed E-state index contributed by atoms with van der Waals surface area (Å²) in [6.07, 6.45) is 1.09. The summed E-state index contributed by atoms with van der Waals surface area (Å²) in [5.74, 6) is -0.803. The Labute approximate surface area is 131 Å². The monoisotopic (exact) mass is 322 g/mol. The predicted molar refractivity (Wildman–Crippen MR) is 77.0 cm³/mol. The highest BCUT2D eigenvalue weighted by Gasteiger charge is 2.55. The molecule has 1 heterocycles. The molecule has 0 saturated heterocycles. The van der Waals surface area contributed by atoms with Crippen LogP contribution < -0.4 is 4.74 Å². The van der Waals surface area contributed by atoms with E-state index in [1.54, 1.807) is 18.2 Å². The minimum absolute atomic E-state index is 0.00488. The Morgan fingerprint density at radius 1 is 1.27 bits per heavy atom. The molecule has 0 bridgehead atoms. The first kappa shape index (κ1) is 14.7. The van der Waals surface area contributed by atoms with Gasteiger partial charge in [0.1, 0.15) is 11.0 Å². The summed E-state index contributed by atoms with van der Waals surface area (Å²) >= 11 is 5.97. The minimum atomic E-state index is -1.01. The lowest BCUT2D eigenvalue weighted by atomic mass is 10.1. The first-order valence-corrected chi connectivity index (χ1v) is 6.98. The normalized spacial score (nSPS) is 15.2. The Hall–Kier alpha value is -2.21. The quantitative estimate of drug-likeness (QED) is 0.639. The zero-order valence-electron chi connectivity index (χ0n) is 11.7. The van der Waals surface area contributed by atoms with E-state index in [9.17, 15) is 9.18 Å². The molecule has 3 rings (SSSR count). The van der Waals surface area contributed by atoms with Gasteiger partial charge < -0.3 is 9.47 Å². The van der Waals surface area contributed by atoms with Crippen molar-refractivity contribution in [3.63, 3.8) is 0 Å². The van der Waals surface area contributed by atoms with Crippen molar-refractivity contribution < 1.29 is 18.7 Å². The maximum absolute atomic E-state index is 13.0. The Balaban J connectivity index is 1.90. The maximum atomic E-state index is 13.0. The number of benzene rings is 1. The van der Waals surface area contributed by atoms with Gasteiger partial charge in [-0.05, 0) is 24.3 Å². The summed E-state index contributed by atoms with van der Waals surface area (Å²) in [6.45, 7) is 0. The Morgan fingerprint density at radius 3 is 2.55 bits per heavy atom. The van der Waals surface area contributed by atoms with Crippen molar-refractivity contribution in [3.8, 4) is 17.3 Å². The van der Waals surface area contributed by atoms with Crippen LogP contribution >= 0.6 is 11.6 Å². The molecule has 0 N–H and O–H groups in total. The number of carbonyl (C=O) groups is 1. The predicted octanol–water partition coefficient (Wildman–Crippen LogP) is 3.02. The second-order valence-corrected chi connectivity index (χ2v) is 5.34. The van der Waals surface area contributed by atoms with Crippen LogP contribution in [0.15, 0.2) is 30.3 Å². The lowest BCUT2D eigenvalue weighted by molar-refractivity contribution is -0.151. The van der Waals surface area contributed by atoms with E-state index >= 15 is 0 Å². The van der Waals surface area contributed by atoms with E-state index in [1.807, 2.05) is 0 Å². The topological polar surface area (TPSA) is 61.3 Å². The van der Waals surface area contributed by atoms with Crippen LogP contribution in [0.2, 0.25) is 5.15 Å². The van der Waals surface area contributed by atoms with Gasteiger partial charge in [0.15, 0.2) is 0 Å². The molecule has 1 aromatic carbocycles. The number of ether oxygens (including phenoxy) is 2. The molecule has 114 valence electrons. The SMILES string of the molecule is COC(=O)C1(Oc2nc(Cl)cc(-c3ccc(F)cc3)n2)CC1. The third kappa shape index (κ3) is 2.87. The number of rotatable bonds is 4. The van der Waals surface area contributed by atoms with Crippen molar-refractivity contribution >= 4 is 17.6 Å². The van der Waals surface area contributed by atoms with Crippen LogP contribution in [-0.2, 0) is 9.53 Å². The van der Waals surface area contributed by atoms with Crippen molar-refractivity contribution in [1.29, 1.82) is 0 Å². The summed E-state index contributed by atoms with van der Waals surface area (Å²) in [5, 5.41) is 0.171. The van der Waals surface area contributed by atoms with Crippen molar-refractivity contribution in [2.24, 2.45) is 0 Å². The molecule has 1 aromatic heterocycles. The number of aromatic nitrogens is 2. The molecular weight excluding hydrogens is 311 g/mol. The van der Waals surface area contributed by atoms with E-state index in [-0.39, 0.29) is 17.0 Å². The molecule has 5 nitrogen and oxygen atoms in total. The van der Waals surface area contributed by atoms with Crippen LogP contribution in [0.3, 0.4) is 0 Å². The van der Waals surface area contributed by atoms with E-state index in [2.05, 4.69) is 9.97 Å². The van der Waals surface area contributed by atoms with Crippen molar-refractivity contribution in [2.45, 2.75) is 18.4 Å². The van der Waals surface area contributed by atoms with Crippen LogP contribution in [0.25, 0.3) is 11.3 Å². The van der Waals surface area contributed by atoms with Crippen molar-refractivity contribution in [3.05, 3.63) is 41.3 Å². The highest BCUT2D eigenvalue weighted by atomic mass is 35.5. The fourth-order valence-corrected chi connectivity index (χ4v) is 2.21. The Bertz CT molecular complexity index is 717. The summed E-state index contributed by atoms with van der Waals surface area (Å²) in [5.41, 5.74) is 0.133. The van der Waals surface area contributed by atoms with Crippen LogP contribution in [-0.4, -0.2) is 28.6 Å². The average molecular weight is 323 g/mol. The molecule has 1 aliphatic carbocycles. The molecule has 0 aliphatic heterocycles. The first-order chi connectivity index (χ1) is 10.5. The van der Waals surface area contributed by atoms with Gasteiger partial charge >= 0.3 is 12.0 Å². The van der Waals surface area contributed by atoms with Crippen molar-refractivity contribution in [2.75, 3.05) is 7.11 Å². The maximum Gasteiger partial charge on any atom is 0.350 e. The molecule has 0 spiro atoms. The molecular formula is C15H12ClFN2O3. The summed E-state index contributed by atoms with van der Waals surface area (Å²) < 4.78 is 23.3. The van der Waals surface area contributed by atoms with E-state index < -0.39 is 11.6 Å². The number of hydrogen-bond acceptors (Lipinski definition) is 5. The number of halogens is 2. The van der Waals surface area contributed by atoms with Gasteiger partial charge in [0, 0.05) is 24.5 Å². The lowest BCUT2D eigenvalue weighted by Crippen LogP contribution is -2.31. The molecule has 0 atom stereocenters. The largest absolute Gasteiger partial charge is 0.466 e. The molecule has 2 aromatic rings. The van der Waals surface area contributed by atoms with E-state index in [0.717, 1.165) is 0 Å². The summed E-state index contributed by atoms with van der Waals surface area (Å²) in [4.78, 5) is 19.9. The molecule has 1 saturated carbocycles. The number of nitrogens with zero attached hydrogens (tertiary/aromatic N) is 2. The molecule has 0 unspecified atom stereocenters. The molecule has 0 radical (unpaired) electrons. The zero-order chi connectivity index (χ0) is 15.7. The van der Waals surface area contributed by atoms with Gasteiger partial charge in [-0.15, -0.1) is 0 Å². The van der Waals surface area contributed by atoms with E-state index in [0.29, 0.717) is 24.1 Å². The van der Waals surface area contributed by atoms with Gasteiger partial charge in [0.25, 0.3) is 0 Å². The molecule has 1 fully saturated rings. The third-order valence-electron chi connectivity index (χ3n) is 3.36. The average Bonchev–Trinajstić information content (AvgIpc) is 3.27. The smallest absolute Gasteiger partial charge is 0.350 e. The number of carbonyl (C=O) groups excluding carboxylic acids is 1. The number of esters is 1. The Kier molecular flexibility index (Phi) is 3.70. The van der Waals surface area contributed by atoms with Crippen LogP contribution in [0.5, 0.6) is 6.01 Å². The van der Waals surface area contributed by atoms with Gasteiger partial charge in [0.05, 0.1) is 12.8 Å². The standard InChI is InChI=1S/C15H12ClFN2O3/c1-21-13(20)15(6-7-15)22-14-18-11(8-12(16)19-14)9-2-4-10(17)5-3-9/h2-5,8H,6-7H2,1H3. The van der Waals surface area contributed by atoms with Gasteiger partial charge in [-0.25, -0.2) is 9.18 Å². The van der Waals surface area contributed by atoms with E-state index in [1.165, 1.54) is 19.2 Å². The fourth-order valence-electron chi connectivity index (χ4n) is 2.03. The molecule has 1 aliphatic rings.